The molecule has 1 aromatic carbocycles. The van der Waals surface area contributed by atoms with Crippen molar-refractivity contribution in [1.29, 1.82) is 0 Å². The summed E-state index contributed by atoms with van der Waals surface area (Å²) in [5.41, 5.74) is 0.951. The molecule has 1 N–H and O–H groups in total. The van der Waals surface area contributed by atoms with Crippen molar-refractivity contribution in [3.05, 3.63) is 35.1 Å². The summed E-state index contributed by atoms with van der Waals surface area (Å²) in [6.07, 6.45) is 3.68. The van der Waals surface area contributed by atoms with Gasteiger partial charge in [-0.2, -0.15) is 0 Å². The first-order chi connectivity index (χ1) is 8.61. The van der Waals surface area contributed by atoms with Gasteiger partial charge in [-0.05, 0) is 32.0 Å². The van der Waals surface area contributed by atoms with Crippen LogP contribution in [-0.2, 0) is 0 Å². The number of rotatable bonds is 4. The Kier molecular flexibility index (Phi) is 3.91. The number of methoxy groups -OCH3 is 1. The van der Waals surface area contributed by atoms with Gasteiger partial charge in [-0.15, -0.1) is 0 Å². The van der Waals surface area contributed by atoms with Crippen LogP contribution in [0.5, 0.6) is 5.75 Å². The molecule has 0 saturated heterocycles. The standard InChI is InChI=1S/C13H16BrN3O/c1-9(2)16-13-15-6-7-17(13)11-8-10(14)4-5-12(11)18-3/h4-9H,1-3H3,(H,15,16). The Morgan fingerprint density at radius 1 is 1.39 bits per heavy atom. The second-order valence-electron chi connectivity index (χ2n) is 4.24. The Bertz CT molecular complexity index is 537. The summed E-state index contributed by atoms with van der Waals surface area (Å²) < 4.78 is 8.36. The van der Waals surface area contributed by atoms with Crippen molar-refractivity contribution in [2.45, 2.75) is 19.9 Å². The molecule has 0 fully saturated rings. The third kappa shape index (κ3) is 2.67. The van der Waals surface area contributed by atoms with Gasteiger partial charge in [0.2, 0.25) is 5.95 Å². The zero-order valence-corrected chi connectivity index (χ0v) is 12.2. The van der Waals surface area contributed by atoms with Crippen molar-refractivity contribution in [3.8, 4) is 11.4 Å². The van der Waals surface area contributed by atoms with Crippen LogP contribution in [0.25, 0.3) is 5.69 Å². The quantitative estimate of drug-likeness (QED) is 0.940. The minimum atomic E-state index is 0.323. The van der Waals surface area contributed by atoms with Gasteiger partial charge >= 0.3 is 0 Å². The zero-order chi connectivity index (χ0) is 13.1. The summed E-state index contributed by atoms with van der Waals surface area (Å²) >= 11 is 3.48. The third-order valence-electron chi connectivity index (χ3n) is 2.46. The minimum Gasteiger partial charge on any atom is -0.495 e. The normalized spacial score (nSPS) is 10.7. The van der Waals surface area contributed by atoms with Crippen LogP contribution in [0.3, 0.4) is 0 Å². The molecule has 4 nitrogen and oxygen atoms in total. The number of ether oxygens (including phenoxy) is 1. The lowest BCUT2D eigenvalue weighted by Crippen LogP contribution is -2.14. The van der Waals surface area contributed by atoms with Crippen LogP contribution in [0.15, 0.2) is 35.1 Å². The van der Waals surface area contributed by atoms with Crippen molar-refractivity contribution in [2.24, 2.45) is 0 Å². The molecule has 1 heterocycles. The van der Waals surface area contributed by atoms with E-state index in [1.165, 1.54) is 0 Å². The molecule has 2 rings (SSSR count). The van der Waals surface area contributed by atoms with E-state index >= 15 is 0 Å². The molecule has 2 aromatic rings. The fourth-order valence-electron chi connectivity index (χ4n) is 1.71. The number of halogens is 1. The van der Waals surface area contributed by atoms with Crippen molar-refractivity contribution < 1.29 is 4.74 Å². The summed E-state index contributed by atoms with van der Waals surface area (Å²) in [4.78, 5) is 4.32. The van der Waals surface area contributed by atoms with Gasteiger partial charge in [-0.1, -0.05) is 15.9 Å². The third-order valence-corrected chi connectivity index (χ3v) is 2.95. The van der Waals surface area contributed by atoms with E-state index in [9.17, 15) is 0 Å². The second-order valence-corrected chi connectivity index (χ2v) is 5.15. The maximum atomic E-state index is 5.39. The van der Waals surface area contributed by atoms with Gasteiger partial charge in [0.15, 0.2) is 0 Å². The lowest BCUT2D eigenvalue weighted by molar-refractivity contribution is 0.413. The molecule has 0 radical (unpaired) electrons. The number of hydrogen-bond donors (Lipinski definition) is 1. The van der Waals surface area contributed by atoms with E-state index in [4.69, 9.17) is 4.74 Å². The van der Waals surface area contributed by atoms with Crippen molar-refractivity contribution in [3.63, 3.8) is 0 Å². The van der Waals surface area contributed by atoms with Crippen molar-refractivity contribution in [1.82, 2.24) is 9.55 Å². The monoisotopic (exact) mass is 309 g/mol. The smallest absolute Gasteiger partial charge is 0.207 e. The molecule has 0 aliphatic heterocycles. The van der Waals surface area contributed by atoms with E-state index in [-0.39, 0.29) is 0 Å². The first kappa shape index (κ1) is 13.0. The van der Waals surface area contributed by atoms with E-state index in [0.717, 1.165) is 21.9 Å². The number of nitrogens with zero attached hydrogens (tertiary/aromatic N) is 2. The molecule has 96 valence electrons. The highest BCUT2D eigenvalue weighted by Gasteiger charge is 2.11. The van der Waals surface area contributed by atoms with E-state index in [2.05, 4.69) is 40.1 Å². The highest BCUT2D eigenvalue weighted by Crippen LogP contribution is 2.28. The Balaban J connectivity index is 2.48. The summed E-state index contributed by atoms with van der Waals surface area (Å²) in [5, 5.41) is 3.30. The molecule has 0 amide bonds. The Morgan fingerprint density at radius 2 is 2.17 bits per heavy atom. The SMILES string of the molecule is COc1ccc(Br)cc1-n1ccnc1NC(C)C. The van der Waals surface area contributed by atoms with E-state index in [1.54, 1.807) is 13.3 Å². The molecule has 0 saturated carbocycles. The van der Waals surface area contributed by atoms with Gasteiger partial charge in [-0.3, -0.25) is 4.57 Å². The predicted octanol–water partition coefficient (Wildman–Crippen LogP) is 3.46. The fraction of sp³-hybridized carbons (Fsp3) is 0.308. The molecular formula is C13H16BrN3O. The molecule has 18 heavy (non-hydrogen) atoms. The molecule has 1 aromatic heterocycles. The topological polar surface area (TPSA) is 39.1 Å². The summed E-state index contributed by atoms with van der Waals surface area (Å²) in [5.74, 6) is 1.62. The second kappa shape index (κ2) is 5.44. The van der Waals surface area contributed by atoms with Crippen molar-refractivity contribution >= 4 is 21.9 Å². The van der Waals surface area contributed by atoms with Gasteiger partial charge in [0.05, 0.1) is 12.8 Å². The number of aromatic nitrogens is 2. The van der Waals surface area contributed by atoms with Crippen molar-refractivity contribution in [2.75, 3.05) is 12.4 Å². The summed E-state index contributed by atoms with van der Waals surface area (Å²) in [6.45, 7) is 4.16. The van der Waals surface area contributed by atoms with Crippen LogP contribution in [-0.4, -0.2) is 22.7 Å². The van der Waals surface area contributed by atoms with Gasteiger partial charge in [0, 0.05) is 22.9 Å². The first-order valence-electron chi connectivity index (χ1n) is 5.75. The van der Waals surface area contributed by atoms with Gasteiger partial charge in [-0.25, -0.2) is 4.98 Å². The molecule has 0 spiro atoms. The van der Waals surface area contributed by atoms with Crippen LogP contribution in [0, 0.1) is 0 Å². The zero-order valence-electron chi connectivity index (χ0n) is 10.6. The maximum Gasteiger partial charge on any atom is 0.207 e. The molecule has 0 bridgehead atoms. The number of anilines is 1. The minimum absolute atomic E-state index is 0.323. The average molecular weight is 310 g/mol. The summed E-state index contributed by atoms with van der Waals surface area (Å²) in [7, 11) is 1.67. The fourth-order valence-corrected chi connectivity index (χ4v) is 2.06. The maximum absolute atomic E-state index is 5.39. The van der Waals surface area contributed by atoms with Crippen LogP contribution >= 0.6 is 15.9 Å². The van der Waals surface area contributed by atoms with Crippen LogP contribution < -0.4 is 10.1 Å². The number of benzene rings is 1. The molecule has 0 aliphatic rings. The Labute approximate surface area is 115 Å². The van der Waals surface area contributed by atoms with E-state index in [1.807, 2.05) is 29.0 Å². The van der Waals surface area contributed by atoms with Gasteiger partial charge < -0.3 is 10.1 Å². The first-order valence-corrected chi connectivity index (χ1v) is 6.55. The molecule has 0 atom stereocenters. The largest absolute Gasteiger partial charge is 0.495 e. The van der Waals surface area contributed by atoms with E-state index in [0.29, 0.717) is 6.04 Å². The molecule has 0 aliphatic carbocycles. The van der Waals surface area contributed by atoms with Crippen LogP contribution in [0.1, 0.15) is 13.8 Å². The highest BCUT2D eigenvalue weighted by molar-refractivity contribution is 9.10. The molecular weight excluding hydrogens is 294 g/mol. The van der Waals surface area contributed by atoms with Gasteiger partial charge in [0.25, 0.3) is 0 Å². The average Bonchev–Trinajstić information content (AvgIpc) is 2.76. The Morgan fingerprint density at radius 3 is 2.83 bits per heavy atom. The Hall–Kier alpha value is -1.49. The van der Waals surface area contributed by atoms with E-state index < -0.39 is 0 Å². The summed E-state index contributed by atoms with van der Waals surface area (Å²) in [6, 6.07) is 6.21. The van der Waals surface area contributed by atoms with Gasteiger partial charge in [0.1, 0.15) is 5.75 Å². The highest BCUT2D eigenvalue weighted by atomic mass is 79.9. The lowest BCUT2D eigenvalue weighted by Gasteiger charge is -2.15. The molecule has 5 heteroatoms. The van der Waals surface area contributed by atoms with Crippen LogP contribution in [0.2, 0.25) is 0 Å². The molecule has 0 unspecified atom stereocenters. The predicted molar refractivity (Wildman–Crippen MR) is 76.6 cm³/mol. The lowest BCUT2D eigenvalue weighted by atomic mass is 10.3. The number of nitrogens with one attached hydrogen (secondary N) is 1. The number of imidazole rings is 1. The number of hydrogen-bond acceptors (Lipinski definition) is 3. The van der Waals surface area contributed by atoms with Crippen LogP contribution in [0.4, 0.5) is 5.95 Å².